The van der Waals surface area contributed by atoms with Gasteiger partial charge in [0.05, 0.1) is 11.4 Å². The summed E-state index contributed by atoms with van der Waals surface area (Å²) >= 11 is 0. The van der Waals surface area contributed by atoms with Crippen molar-refractivity contribution in [3.05, 3.63) is 71.4 Å². The number of fused-ring (bicyclic) bond motifs is 1. The molecule has 0 unspecified atom stereocenters. The van der Waals surface area contributed by atoms with Crippen molar-refractivity contribution in [1.29, 1.82) is 0 Å². The minimum atomic E-state index is 0.588. The van der Waals surface area contributed by atoms with Crippen LogP contribution in [0.2, 0.25) is 0 Å². The highest BCUT2D eigenvalue weighted by atomic mass is 16.5. The lowest BCUT2D eigenvalue weighted by molar-refractivity contribution is 0.306. The molecule has 144 valence electrons. The van der Waals surface area contributed by atoms with Crippen molar-refractivity contribution >= 4 is 5.82 Å². The van der Waals surface area contributed by atoms with E-state index in [-0.39, 0.29) is 0 Å². The van der Waals surface area contributed by atoms with Gasteiger partial charge in [-0.25, -0.2) is 4.68 Å². The van der Waals surface area contributed by atoms with Gasteiger partial charge >= 0.3 is 0 Å². The molecule has 0 amide bonds. The van der Waals surface area contributed by atoms with E-state index in [0.29, 0.717) is 12.5 Å². The molecular formula is C24H27N3O. The molecule has 0 bridgehead atoms. The van der Waals surface area contributed by atoms with Crippen molar-refractivity contribution in [2.45, 2.75) is 51.0 Å². The Morgan fingerprint density at radius 1 is 0.964 bits per heavy atom. The third kappa shape index (κ3) is 3.39. The van der Waals surface area contributed by atoms with Gasteiger partial charge in [-0.05, 0) is 61.9 Å². The Bertz CT molecular complexity index is 926. The molecule has 1 N–H and O–H groups in total. The van der Waals surface area contributed by atoms with E-state index in [9.17, 15) is 0 Å². The van der Waals surface area contributed by atoms with Gasteiger partial charge in [-0.1, -0.05) is 36.8 Å². The van der Waals surface area contributed by atoms with Crippen LogP contribution in [0, 0.1) is 0 Å². The molecule has 3 aromatic rings. The van der Waals surface area contributed by atoms with Crippen molar-refractivity contribution in [3.8, 4) is 11.4 Å². The summed E-state index contributed by atoms with van der Waals surface area (Å²) in [6.45, 7) is 1.62. The van der Waals surface area contributed by atoms with E-state index in [1.807, 2.05) is 30.3 Å². The number of nitrogens with one attached hydrogen (secondary N) is 1. The largest absolute Gasteiger partial charge is 0.489 e. The van der Waals surface area contributed by atoms with Crippen LogP contribution in [-0.2, 0) is 13.0 Å². The van der Waals surface area contributed by atoms with Crippen molar-refractivity contribution in [2.24, 2.45) is 0 Å². The molecule has 2 heterocycles. The molecule has 1 fully saturated rings. The average molecular weight is 374 g/mol. The minimum absolute atomic E-state index is 0.588. The lowest BCUT2D eigenvalue weighted by Gasteiger charge is -2.24. The number of rotatable bonds is 5. The number of benzene rings is 2. The molecule has 0 atom stereocenters. The topological polar surface area (TPSA) is 39.1 Å². The standard InChI is InChI=1S/C24H27N3O/c1-2-7-18(8-3-1)17-28-21-14-12-20(13-15-21)27-24-22(11-4-5-16-25-24)23(26-27)19-9-6-10-19/h1-3,7-8,12-15,19,25H,4-6,9-11,16-17H2. The maximum Gasteiger partial charge on any atom is 0.133 e. The van der Waals surface area contributed by atoms with E-state index >= 15 is 0 Å². The van der Waals surface area contributed by atoms with Crippen molar-refractivity contribution in [2.75, 3.05) is 11.9 Å². The molecule has 1 aliphatic heterocycles. The molecule has 0 spiro atoms. The Hall–Kier alpha value is -2.75. The molecule has 1 aliphatic carbocycles. The van der Waals surface area contributed by atoms with Gasteiger partial charge in [-0.2, -0.15) is 5.10 Å². The second-order valence-electron chi connectivity index (χ2n) is 7.90. The summed E-state index contributed by atoms with van der Waals surface area (Å²) < 4.78 is 8.06. The van der Waals surface area contributed by atoms with Crippen LogP contribution in [-0.4, -0.2) is 16.3 Å². The maximum absolute atomic E-state index is 5.94. The van der Waals surface area contributed by atoms with E-state index in [0.717, 1.165) is 24.4 Å². The Morgan fingerprint density at radius 2 is 1.79 bits per heavy atom. The molecule has 1 aromatic heterocycles. The van der Waals surface area contributed by atoms with Gasteiger partial charge in [0.1, 0.15) is 18.2 Å². The smallest absolute Gasteiger partial charge is 0.133 e. The predicted octanol–water partition coefficient (Wildman–Crippen LogP) is 5.47. The molecule has 0 radical (unpaired) electrons. The SMILES string of the molecule is c1ccc(COc2ccc(-n3nc(C4CCC4)c4c3NCCCC4)cc2)cc1. The molecule has 4 nitrogen and oxygen atoms in total. The zero-order chi connectivity index (χ0) is 18.8. The van der Waals surface area contributed by atoms with E-state index in [1.54, 1.807) is 0 Å². The summed E-state index contributed by atoms with van der Waals surface area (Å²) in [4.78, 5) is 0. The lowest BCUT2D eigenvalue weighted by Crippen LogP contribution is -2.11. The average Bonchev–Trinajstić information content (AvgIpc) is 2.88. The number of hydrogen-bond donors (Lipinski definition) is 1. The highest BCUT2D eigenvalue weighted by molar-refractivity contribution is 5.55. The summed E-state index contributed by atoms with van der Waals surface area (Å²) in [5, 5.41) is 8.71. The summed E-state index contributed by atoms with van der Waals surface area (Å²) in [7, 11) is 0. The van der Waals surface area contributed by atoms with Gasteiger partial charge in [0.2, 0.25) is 0 Å². The van der Waals surface area contributed by atoms with Crippen molar-refractivity contribution in [1.82, 2.24) is 9.78 Å². The number of hydrogen-bond acceptors (Lipinski definition) is 3. The molecule has 0 saturated heterocycles. The van der Waals surface area contributed by atoms with E-state index < -0.39 is 0 Å². The molecule has 4 heteroatoms. The Labute approximate surface area is 166 Å². The van der Waals surface area contributed by atoms with Gasteiger partial charge in [-0.3, -0.25) is 0 Å². The summed E-state index contributed by atoms with van der Waals surface area (Å²) in [5.41, 5.74) is 5.06. The van der Waals surface area contributed by atoms with Crippen LogP contribution in [0.5, 0.6) is 5.75 Å². The first-order valence-electron chi connectivity index (χ1n) is 10.5. The van der Waals surface area contributed by atoms with E-state index in [1.165, 1.54) is 54.7 Å². The highest BCUT2D eigenvalue weighted by Crippen LogP contribution is 2.41. The van der Waals surface area contributed by atoms with Gasteiger partial charge < -0.3 is 10.1 Å². The first-order valence-corrected chi connectivity index (χ1v) is 10.5. The quantitative estimate of drug-likeness (QED) is 0.645. The zero-order valence-corrected chi connectivity index (χ0v) is 16.2. The van der Waals surface area contributed by atoms with Crippen LogP contribution >= 0.6 is 0 Å². The summed E-state index contributed by atoms with van der Waals surface area (Å²) in [6, 6.07) is 18.6. The fourth-order valence-electron chi connectivity index (χ4n) is 4.15. The third-order valence-electron chi connectivity index (χ3n) is 5.98. The zero-order valence-electron chi connectivity index (χ0n) is 16.2. The molecule has 2 aliphatic rings. The lowest BCUT2D eigenvalue weighted by atomic mass is 9.81. The van der Waals surface area contributed by atoms with Crippen molar-refractivity contribution in [3.63, 3.8) is 0 Å². The minimum Gasteiger partial charge on any atom is -0.489 e. The van der Waals surface area contributed by atoms with Crippen LogP contribution in [0.1, 0.15) is 54.8 Å². The van der Waals surface area contributed by atoms with E-state index in [2.05, 4.69) is 34.3 Å². The molecular weight excluding hydrogens is 346 g/mol. The van der Waals surface area contributed by atoms with Gasteiger partial charge in [0.15, 0.2) is 0 Å². The van der Waals surface area contributed by atoms with Crippen LogP contribution < -0.4 is 10.1 Å². The fourth-order valence-corrected chi connectivity index (χ4v) is 4.15. The maximum atomic E-state index is 5.94. The summed E-state index contributed by atoms with van der Waals surface area (Å²) in [6.07, 6.45) is 7.54. The van der Waals surface area contributed by atoms with Gasteiger partial charge in [0.25, 0.3) is 0 Å². The van der Waals surface area contributed by atoms with Gasteiger partial charge in [0, 0.05) is 18.0 Å². The molecule has 5 rings (SSSR count). The predicted molar refractivity (Wildman–Crippen MR) is 112 cm³/mol. The summed E-state index contributed by atoms with van der Waals surface area (Å²) in [5.74, 6) is 2.75. The van der Waals surface area contributed by atoms with Crippen LogP contribution in [0.3, 0.4) is 0 Å². The first kappa shape index (κ1) is 17.4. The number of ether oxygens (including phenoxy) is 1. The number of nitrogens with zero attached hydrogens (tertiary/aromatic N) is 2. The van der Waals surface area contributed by atoms with Crippen LogP contribution in [0.25, 0.3) is 5.69 Å². The Kier molecular flexibility index (Phi) is 4.78. The van der Waals surface area contributed by atoms with Gasteiger partial charge in [-0.15, -0.1) is 0 Å². The third-order valence-corrected chi connectivity index (χ3v) is 5.98. The van der Waals surface area contributed by atoms with Crippen molar-refractivity contribution < 1.29 is 4.74 Å². The monoisotopic (exact) mass is 373 g/mol. The van der Waals surface area contributed by atoms with E-state index in [4.69, 9.17) is 9.84 Å². The number of aromatic nitrogens is 2. The van der Waals surface area contributed by atoms with Crippen LogP contribution in [0.15, 0.2) is 54.6 Å². The van der Waals surface area contributed by atoms with Crippen LogP contribution in [0.4, 0.5) is 5.82 Å². The Balaban J connectivity index is 1.39. The molecule has 2 aromatic carbocycles. The number of anilines is 1. The highest BCUT2D eigenvalue weighted by Gasteiger charge is 2.29. The second kappa shape index (κ2) is 7.70. The second-order valence-corrected chi connectivity index (χ2v) is 7.90. The molecule has 1 saturated carbocycles. The normalized spacial score (nSPS) is 16.6. The fraction of sp³-hybridized carbons (Fsp3) is 0.375. The Morgan fingerprint density at radius 3 is 2.54 bits per heavy atom. The molecule has 28 heavy (non-hydrogen) atoms. The first-order chi connectivity index (χ1) is 13.9.